The number of esters is 1. The maximum Gasteiger partial charge on any atom is 0.306 e. The Morgan fingerprint density at radius 1 is 1.29 bits per heavy atom. The molecular formula is C23H28N2O3. The van der Waals surface area contributed by atoms with Crippen LogP contribution in [0.15, 0.2) is 36.4 Å². The summed E-state index contributed by atoms with van der Waals surface area (Å²) in [6.07, 6.45) is 4.64. The minimum atomic E-state index is -0.0885. The SMILES string of the molecule is CCOC(=O)CC1CC1c1cccc(OCCc2ccc3c(n2)NCCC3)c1. The summed E-state index contributed by atoms with van der Waals surface area (Å²) in [6, 6.07) is 12.5. The number of aromatic nitrogens is 1. The highest BCUT2D eigenvalue weighted by Crippen LogP contribution is 2.50. The third kappa shape index (κ3) is 4.64. The van der Waals surface area contributed by atoms with Crippen LogP contribution in [0.4, 0.5) is 5.82 Å². The molecule has 2 heterocycles. The maximum absolute atomic E-state index is 11.6. The van der Waals surface area contributed by atoms with Gasteiger partial charge in [0.25, 0.3) is 0 Å². The third-order valence-corrected chi connectivity index (χ3v) is 5.52. The smallest absolute Gasteiger partial charge is 0.306 e. The first-order chi connectivity index (χ1) is 13.7. The lowest BCUT2D eigenvalue weighted by Crippen LogP contribution is -2.14. The Morgan fingerprint density at radius 2 is 2.21 bits per heavy atom. The van der Waals surface area contributed by atoms with Crippen molar-refractivity contribution in [3.8, 4) is 5.75 Å². The Labute approximate surface area is 166 Å². The van der Waals surface area contributed by atoms with Crippen LogP contribution in [0.5, 0.6) is 5.75 Å². The largest absolute Gasteiger partial charge is 0.493 e. The van der Waals surface area contributed by atoms with Gasteiger partial charge in [-0.2, -0.15) is 0 Å². The maximum atomic E-state index is 11.6. The van der Waals surface area contributed by atoms with Gasteiger partial charge in [-0.25, -0.2) is 4.98 Å². The molecule has 1 saturated carbocycles. The van der Waals surface area contributed by atoms with Gasteiger partial charge in [0.2, 0.25) is 0 Å². The molecule has 1 aliphatic carbocycles. The molecule has 5 nitrogen and oxygen atoms in total. The third-order valence-electron chi connectivity index (χ3n) is 5.52. The molecule has 1 aromatic carbocycles. The average molecular weight is 380 g/mol. The van der Waals surface area contributed by atoms with Crippen LogP contribution in [-0.4, -0.2) is 30.7 Å². The number of benzene rings is 1. The first-order valence-corrected chi connectivity index (χ1v) is 10.3. The van der Waals surface area contributed by atoms with Crippen LogP contribution < -0.4 is 10.1 Å². The van der Waals surface area contributed by atoms with Crippen molar-refractivity contribution < 1.29 is 14.3 Å². The molecule has 148 valence electrons. The van der Waals surface area contributed by atoms with E-state index in [4.69, 9.17) is 14.5 Å². The van der Waals surface area contributed by atoms with Crippen LogP contribution in [-0.2, 0) is 22.4 Å². The number of ether oxygens (including phenoxy) is 2. The lowest BCUT2D eigenvalue weighted by Gasteiger charge is -2.17. The van der Waals surface area contributed by atoms with Gasteiger partial charge in [-0.1, -0.05) is 18.2 Å². The number of carbonyl (C=O) groups is 1. The van der Waals surface area contributed by atoms with Gasteiger partial charge in [-0.05, 0) is 67.3 Å². The fourth-order valence-corrected chi connectivity index (χ4v) is 3.93. The van der Waals surface area contributed by atoms with Crippen LogP contribution in [0, 0.1) is 5.92 Å². The van der Waals surface area contributed by atoms with E-state index >= 15 is 0 Å². The van der Waals surface area contributed by atoms with Crippen molar-refractivity contribution in [2.45, 2.75) is 44.9 Å². The number of nitrogens with one attached hydrogen (secondary N) is 1. The normalized spacial score (nSPS) is 20.0. The minimum absolute atomic E-state index is 0.0885. The molecule has 1 aromatic heterocycles. The predicted molar refractivity (Wildman–Crippen MR) is 109 cm³/mol. The highest BCUT2D eigenvalue weighted by molar-refractivity contribution is 5.70. The van der Waals surface area contributed by atoms with Crippen LogP contribution in [0.3, 0.4) is 0 Å². The van der Waals surface area contributed by atoms with E-state index in [-0.39, 0.29) is 5.97 Å². The molecule has 1 N–H and O–H groups in total. The molecule has 1 fully saturated rings. The molecule has 0 bridgehead atoms. The van der Waals surface area contributed by atoms with E-state index in [2.05, 4.69) is 29.6 Å². The molecule has 28 heavy (non-hydrogen) atoms. The standard InChI is InChI=1S/C23H28N2O3/c1-2-27-22(26)15-18-14-21(18)17-5-3-7-20(13-17)28-12-10-19-9-8-16-6-4-11-24-23(16)25-19/h3,5,7-9,13,18,21H,2,4,6,10-12,14-15H2,1H3,(H,24,25). The fourth-order valence-electron chi connectivity index (χ4n) is 3.93. The number of carbonyl (C=O) groups excluding carboxylic acids is 1. The zero-order valence-corrected chi connectivity index (χ0v) is 16.4. The van der Waals surface area contributed by atoms with Gasteiger partial charge in [-0.3, -0.25) is 4.79 Å². The van der Waals surface area contributed by atoms with Crippen molar-refractivity contribution >= 4 is 11.8 Å². The van der Waals surface area contributed by atoms with E-state index in [9.17, 15) is 4.79 Å². The number of fused-ring (bicyclic) bond motifs is 1. The second-order valence-electron chi connectivity index (χ2n) is 7.62. The first-order valence-electron chi connectivity index (χ1n) is 10.3. The molecule has 0 saturated heterocycles. The van der Waals surface area contributed by atoms with Gasteiger partial charge >= 0.3 is 5.97 Å². The van der Waals surface area contributed by atoms with Gasteiger partial charge < -0.3 is 14.8 Å². The van der Waals surface area contributed by atoms with Gasteiger partial charge in [-0.15, -0.1) is 0 Å². The van der Waals surface area contributed by atoms with Gasteiger partial charge in [0.05, 0.1) is 13.2 Å². The van der Waals surface area contributed by atoms with Gasteiger partial charge in [0.1, 0.15) is 11.6 Å². The minimum Gasteiger partial charge on any atom is -0.493 e. The summed E-state index contributed by atoms with van der Waals surface area (Å²) in [6.45, 7) is 3.91. The van der Waals surface area contributed by atoms with Gasteiger partial charge in [0, 0.05) is 25.1 Å². The van der Waals surface area contributed by atoms with Gasteiger partial charge in [0.15, 0.2) is 0 Å². The molecule has 0 amide bonds. The lowest BCUT2D eigenvalue weighted by atomic mass is 10.1. The average Bonchev–Trinajstić information content (AvgIpc) is 3.47. The zero-order chi connectivity index (χ0) is 19.3. The topological polar surface area (TPSA) is 60.5 Å². The number of aryl methyl sites for hydroxylation is 1. The van der Waals surface area contributed by atoms with Crippen molar-refractivity contribution in [1.29, 1.82) is 0 Å². The molecule has 4 rings (SSSR count). The Hall–Kier alpha value is -2.56. The van der Waals surface area contributed by atoms with E-state index in [0.717, 1.165) is 43.1 Å². The summed E-state index contributed by atoms with van der Waals surface area (Å²) in [5.74, 6) is 2.68. The molecular weight excluding hydrogens is 352 g/mol. The predicted octanol–water partition coefficient (Wildman–Crippen LogP) is 4.12. The number of rotatable bonds is 8. The van der Waals surface area contributed by atoms with E-state index in [1.54, 1.807) is 0 Å². The Balaban J connectivity index is 1.28. The molecule has 0 spiro atoms. The zero-order valence-electron chi connectivity index (χ0n) is 16.4. The summed E-state index contributed by atoms with van der Waals surface area (Å²) in [4.78, 5) is 16.4. The van der Waals surface area contributed by atoms with Crippen molar-refractivity contribution in [1.82, 2.24) is 4.98 Å². The van der Waals surface area contributed by atoms with Crippen LogP contribution >= 0.6 is 0 Å². The molecule has 5 heteroatoms. The summed E-state index contributed by atoms with van der Waals surface area (Å²) >= 11 is 0. The number of hydrogen-bond donors (Lipinski definition) is 1. The molecule has 2 atom stereocenters. The number of hydrogen-bond acceptors (Lipinski definition) is 5. The number of pyridine rings is 1. The molecule has 2 unspecified atom stereocenters. The lowest BCUT2D eigenvalue weighted by molar-refractivity contribution is -0.143. The first kappa shape index (κ1) is 18.8. The highest BCUT2D eigenvalue weighted by Gasteiger charge is 2.40. The summed E-state index contributed by atoms with van der Waals surface area (Å²) in [5.41, 5.74) is 3.62. The second kappa shape index (κ2) is 8.63. The van der Waals surface area contributed by atoms with Crippen molar-refractivity contribution in [3.63, 3.8) is 0 Å². The highest BCUT2D eigenvalue weighted by atomic mass is 16.5. The summed E-state index contributed by atoms with van der Waals surface area (Å²) in [7, 11) is 0. The summed E-state index contributed by atoms with van der Waals surface area (Å²) in [5, 5.41) is 3.38. The van der Waals surface area contributed by atoms with E-state index in [1.165, 1.54) is 17.5 Å². The Kier molecular flexibility index (Phi) is 5.79. The summed E-state index contributed by atoms with van der Waals surface area (Å²) < 4.78 is 11.0. The van der Waals surface area contributed by atoms with Crippen molar-refractivity contribution in [2.75, 3.05) is 25.1 Å². The quantitative estimate of drug-likeness (QED) is 0.698. The van der Waals surface area contributed by atoms with E-state index in [1.807, 2.05) is 19.1 Å². The Bertz CT molecular complexity index is 836. The van der Waals surface area contributed by atoms with Crippen LogP contribution in [0.1, 0.15) is 48.9 Å². The molecule has 2 aliphatic rings. The monoisotopic (exact) mass is 380 g/mol. The van der Waals surface area contributed by atoms with Crippen molar-refractivity contribution in [2.24, 2.45) is 5.92 Å². The molecule has 1 aliphatic heterocycles. The second-order valence-corrected chi connectivity index (χ2v) is 7.62. The molecule has 2 aromatic rings. The van der Waals surface area contributed by atoms with Crippen LogP contribution in [0.25, 0.3) is 0 Å². The number of nitrogens with zero attached hydrogens (tertiary/aromatic N) is 1. The van der Waals surface area contributed by atoms with E-state index in [0.29, 0.717) is 31.5 Å². The number of anilines is 1. The van der Waals surface area contributed by atoms with E-state index < -0.39 is 0 Å². The molecule has 0 radical (unpaired) electrons. The fraction of sp³-hybridized carbons (Fsp3) is 0.478. The Morgan fingerprint density at radius 3 is 3.11 bits per heavy atom. The van der Waals surface area contributed by atoms with Crippen molar-refractivity contribution in [3.05, 3.63) is 53.2 Å². The van der Waals surface area contributed by atoms with Crippen LogP contribution in [0.2, 0.25) is 0 Å².